The Bertz CT molecular complexity index is 1100. The van der Waals surface area contributed by atoms with Crippen LogP contribution in [0.15, 0.2) is 42.9 Å². The van der Waals surface area contributed by atoms with Crippen LogP contribution in [-0.2, 0) is 14.3 Å². The molecule has 1 aliphatic rings. The summed E-state index contributed by atoms with van der Waals surface area (Å²) in [6.45, 7) is 3.70. The van der Waals surface area contributed by atoms with Gasteiger partial charge in [-0.05, 0) is 24.5 Å². The van der Waals surface area contributed by atoms with E-state index in [4.69, 9.17) is 9.47 Å². The summed E-state index contributed by atoms with van der Waals surface area (Å²) in [6.07, 6.45) is 4.42. The van der Waals surface area contributed by atoms with Crippen molar-refractivity contribution in [2.75, 3.05) is 26.1 Å². The van der Waals surface area contributed by atoms with Gasteiger partial charge in [-0.3, -0.25) is 14.6 Å². The highest BCUT2D eigenvalue weighted by Crippen LogP contribution is 2.22. The second kappa shape index (κ2) is 12.0. The number of aromatic nitrogens is 2. The minimum atomic E-state index is -1.10. The van der Waals surface area contributed by atoms with Gasteiger partial charge in [-0.25, -0.2) is 14.6 Å². The molecule has 0 saturated carbocycles. The van der Waals surface area contributed by atoms with Gasteiger partial charge in [0, 0.05) is 30.7 Å². The number of carbonyl (C=O) groups is 4. The van der Waals surface area contributed by atoms with E-state index in [0.717, 1.165) is 0 Å². The molecule has 1 fully saturated rings. The first-order chi connectivity index (χ1) is 17.2. The van der Waals surface area contributed by atoms with Crippen LogP contribution in [0.2, 0.25) is 0 Å². The van der Waals surface area contributed by atoms with Gasteiger partial charge in [-0.1, -0.05) is 19.9 Å². The number of rotatable bonds is 8. The first-order valence-corrected chi connectivity index (χ1v) is 11.4. The molecule has 12 heteroatoms. The lowest BCUT2D eigenvalue weighted by atomic mass is 10.0. The summed E-state index contributed by atoms with van der Waals surface area (Å²) in [5.74, 6) is -1.42. The van der Waals surface area contributed by atoms with Gasteiger partial charge in [-0.15, -0.1) is 0 Å². The zero-order valence-electron chi connectivity index (χ0n) is 20.6. The molecule has 0 unspecified atom stereocenters. The first kappa shape index (κ1) is 26.4. The van der Waals surface area contributed by atoms with Gasteiger partial charge < -0.3 is 30.3 Å². The summed E-state index contributed by atoms with van der Waals surface area (Å²) >= 11 is 0. The molecule has 3 atom stereocenters. The third-order valence-corrected chi connectivity index (χ3v) is 5.77. The van der Waals surface area contributed by atoms with Gasteiger partial charge in [0.1, 0.15) is 23.5 Å². The summed E-state index contributed by atoms with van der Waals surface area (Å²) in [5.41, 5.74) is 0.550. The van der Waals surface area contributed by atoms with E-state index in [-0.39, 0.29) is 18.2 Å². The second-order valence-corrected chi connectivity index (χ2v) is 8.51. The smallest absolute Gasteiger partial charge is 0.328 e. The minimum absolute atomic E-state index is 0.0603. The molecule has 0 bridgehead atoms. The lowest BCUT2D eigenvalue weighted by molar-refractivity contribution is -0.146. The fourth-order valence-electron chi connectivity index (χ4n) is 3.95. The van der Waals surface area contributed by atoms with E-state index in [9.17, 15) is 19.2 Å². The maximum Gasteiger partial charge on any atom is 0.328 e. The van der Waals surface area contributed by atoms with Crippen molar-refractivity contribution < 1.29 is 28.7 Å². The molecular formula is C24H30N6O6. The van der Waals surface area contributed by atoms with E-state index < -0.39 is 41.9 Å². The van der Waals surface area contributed by atoms with E-state index in [1.807, 2.05) is 0 Å². The molecule has 1 aromatic carbocycles. The number of ether oxygens (including phenoxy) is 2. The van der Waals surface area contributed by atoms with Crippen LogP contribution in [-0.4, -0.2) is 77.6 Å². The average molecular weight is 499 g/mol. The van der Waals surface area contributed by atoms with E-state index >= 15 is 0 Å². The fourth-order valence-corrected chi connectivity index (χ4v) is 3.95. The molecule has 0 radical (unpaired) electrons. The standard InChI is InChI=1S/C24H30N6O6/c1-14(2)19(23(33)36-4)29-21(31)20-17(8-11-30(20)22(32)18-13-25-9-10-26-18)28-24(34)27-15-6-5-7-16(12-15)35-3/h5-7,9-10,12-14,17,19-20H,8,11H2,1-4H3,(H,29,31)(H2,27,28,34)/t17-,19+,20-/m0/s1. The Hall–Kier alpha value is -4.22. The van der Waals surface area contributed by atoms with Crippen LogP contribution in [0.4, 0.5) is 10.5 Å². The zero-order valence-corrected chi connectivity index (χ0v) is 20.6. The number of hydrogen-bond donors (Lipinski definition) is 3. The van der Waals surface area contributed by atoms with Crippen molar-refractivity contribution in [2.24, 2.45) is 5.92 Å². The number of carbonyl (C=O) groups excluding carboxylic acids is 4. The SMILES string of the molecule is COC(=O)[C@H](NC(=O)[C@@H]1[C@@H](NC(=O)Nc2cccc(OC)c2)CCN1C(=O)c1cnccn1)C(C)C. The molecule has 0 aliphatic carbocycles. The summed E-state index contributed by atoms with van der Waals surface area (Å²) in [6, 6.07) is 3.48. The number of hydrogen-bond acceptors (Lipinski definition) is 8. The maximum atomic E-state index is 13.4. The van der Waals surface area contributed by atoms with Crippen molar-refractivity contribution >= 4 is 29.5 Å². The number of urea groups is 1. The molecule has 4 amide bonds. The molecule has 12 nitrogen and oxygen atoms in total. The predicted molar refractivity (Wildman–Crippen MR) is 129 cm³/mol. The molecule has 3 N–H and O–H groups in total. The third kappa shape index (κ3) is 6.26. The molecule has 1 aromatic heterocycles. The van der Waals surface area contributed by atoms with Crippen LogP contribution >= 0.6 is 0 Å². The van der Waals surface area contributed by atoms with Crippen molar-refractivity contribution in [3.05, 3.63) is 48.5 Å². The van der Waals surface area contributed by atoms with E-state index in [1.165, 1.54) is 37.7 Å². The fraction of sp³-hybridized carbons (Fsp3) is 0.417. The number of esters is 1. The van der Waals surface area contributed by atoms with Gasteiger partial charge >= 0.3 is 12.0 Å². The Morgan fingerprint density at radius 1 is 1.14 bits per heavy atom. The largest absolute Gasteiger partial charge is 0.497 e. The number of anilines is 1. The van der Waals surface area contributed by atoms with Gasteiger partial charge in [-0.2, -0.15) is 0 Å². The quantitative estimate of drug-likeness (QED) is 0.459. The predicted octanol–water partition coefficient (Wildman–Crippen LogP) is 1.20. The summed E-state index contributed by atoms with van der Waals surface area (Å²) in [5, 5.41) is 8.17. The summed E-state index contributed by atoms with van der Waals surface area (Å²) in [4.78, 5) is 60.9. The third-order valence-electron chi connectivity index (χ3n) is 5.77. The number of benzene rings is 1. The van der Waals surface area contributed by atoms with Crippen LogP contribution in [0.5, 0.6) is 5.75 Å². The van der Waals surface area contributed by atoms with Crippen LogP contribution < -0.4 is 20.7 Å². The Morgan fingerprint density at radius 2 is 1.92 bits per heavy atom. The summed E-state index contributed by atoms with van der Waals surface area (Å²) < 4.78 is 9.98. The van der Waals surface area contributed by atoms with Crippen LogP contribution in [0.1, 0.15) is 30.8 Å². The molecule has 2 aromatic rings. The van der Waals surface area contributed by atoms with Gasteiger partial charge in [0.25, 0.3) is 5.91 Å². The van der Waals surface area contributed by atoms with Crippen molar-refractivity contribution in [3.63, 3.8) is 0 Å². The lowest BCUT2D eigenvalue weighted by Gasteiger charge is -2.29. The highest BCUT2D eigenvalue weighted by Gasteiger charge is 2.44. The molecular weight excluding hydrogens is 468 g/mol. The lowest BCUT2D eigenvalue weighted by Crippen LogP contribution is -2.58. The monoisotopic (exact) mass is 498 g/mol. The molecule has 36 heavy (non-hydrogen) atoms. The second-order valence-electron chi connectivity index (χ2n) is 8.51. The summed E-state index contributed by atoms with van der Waals surface area (Å²) in [7, 11) is 2.75. The van der Waals surface area contributed by atoms with Crippen LogP contribution in [0.3, 0.4) is 0 Å². The number of likely N-dealkylation sites (tertiary alicyclic amines) is 1. The van der Waals surface area contributed by atoms with Crippen LogP contribution in [0.25, 0.3) is 0 Å². The Kier molecular flexibility index (Phi) is 8.76. The normalized spacial score (nSPS) is 17.8. The molecule has 3 rings (SSSR count). The number of nitrogens with one attached hydrogen (secondary N) is 3. The number of nitrogens with zero attached hydrogens (tertiary/aromatic N) is 3. The molecule has 1 saturated heterocycles. The molecule has 2 heterocycles. The number of methoxy groups -OCH3 is 2. The van der Waals surface area contributed by atoms with Crippen molar-refractivity contribution in [2.45, 2.75) is 38.4 Å². The van der Waals surface area contributed by atoms with E-state index in [2.05, 4.69) is 25.9 Å². The topological polar surface area (TPSA) is 152 Å². The zero-order chi connectivity index (χ0) is 26.2. The van der Waals surface area contributed by atoms with Gasteiger partial charge in [0.2, 0.25) is 5.91 Å². The number of amides is 4. The average Bonchev–Trinajstić information content (AvgIpc) is 3.29. The van der Waals surface area contributed by atoms with Crippen molar-refractivity contribution in [3.8, 4) is 5.75 Å². The Balaban J connectivity index is 1.82. The van der Waals surface area contributed by atoms with Crippen molar-refractivity contribution in [1.29, 1.82) is 0 Å². The first-order valence-electron chi connectivity index (χ1n) is 11.4. The highest BCUT2D eigenvalue weighted by molar-refractivity contribution is 5.98. The molecule has 192 valence electrons. The van der Waals surface area contributed by atoms with Gasteiger partial charge in [0.05, 0.1) is 26.5 Å². The van der Waals surface area contributed by atoms with E-state index in [0.29, 0.717) is 17.9 Å². The minimum Gasteiger partial charge on any atom is -0.497 e. The molecule has 1 aliphatic heterocycles. The molecule has 0 spiro atoms. The van der Waals surface area contributed by atoms with Gasteiger partial charge in [0.15, 0.2) is 0 Å². The van der Waals surface area contributed by atoms with Crippen molar-refractivity contribution in [1.82, 2.24) is 25.5 Å². The Labute approximate surface area is 208 Å². The highest BCUT2D eigenvalue weighted by atomic mass is 16.5. The van der Waals surface area contributed by atoms with E-state index in [1.54, 1.807) is 38.1 Å². The Morgan fingerprint density at radius 3 is 2.56 bits per heavy atom. The van der Waals surface area contributed by atoms with Crippen LogP contribution in [0, 0.1) is 5.92 Å². The maximum absolute atomic E-state index is 13.4.